The van der Waals surface area contributed by atoms with E-state index in [1.807, 2.05) is 21.2 Å². The molecule has 4 rings (SSSR count). The van der Waals surface area contributed by atoms with E-state index in [0.29, 0.717) is 25.6 Å². The second kappa shape index (κ2) is 11.9. The number of ether oxygens (including phenoxy) is 2. The monoisotopic (exact) mass is 488 g/mol. The molecule has 1 aromatic heterocycles. The zero-order valence-corrected chi connectivity index (χ0v) is 20.2. The fraction of sp³-hybridized carbons (Fsp3) is 0.500. The maximum absolute atomic E-state index is 14.1. The first kappa shape index (κ1) is 24.9. The second-order valence-corrected chi connectivity index (χ2v) is 10.0. The quantitative estimate of drug-likeness (QED) is 0.344. The highest BCUT2D eigenvalue weighted by molar-refractivity contribution is 7.10. The first-order valence-corrected chi connectivity index (χ1v) is 12.7. The van der Waals surface area contributed by atoms with Crippen LogP contribution in [0.1, 0.15) is 29.3 Å². The van der Waals surface area contributed by atoms with Crippen molar-refractivity contribution in [1.82, 2.24) is 9.80 Å². The largest absolute Gasteiger partial charge is 0.488 e. The summed E-state index contributed by atoms with van der Waals surface area (Å²) in [5.41, 5.74) is 1.08. The zero-order valence-electron chi connectivity index (χ0n) is 19.4. The molecular formula is C26H33FN2O4S. The summed E-state index contributed by atoms with van der Waals surface area (Å²) < 4.78 is 25.3. The van der Waals surface area contributed by atoms with E-state index in [1.54, 1.807) is 35.6 Å². The third-order valence-electron chi connectivity index (χ3n) is 6.24. The number of nitrogens with zero attached hydrogens (tertiary/aromatic N) is 2. The number of halogens is 1. The molecule has 1 aliphatic heterocycles. The lowest BCUT2D eigenvalue weighted by atomic mass is 10.0. The normalized spacial score (nSPS) is 18.6. The van der Waals surface area contributed by atoms with Gasteiger partial charge in [0, 0.05) is 24.5 Å². The van der Waals surface area contributed by atoms with Crippen LogP contribution in [0.3, 0.4) is 0 Å². The molecule has 2 aliphatic rings. The Morgan fingerprint density at radius 3 is 2.94 bits per heavy atom. The van der Waals surface area contributed by atoms with Crippen LogP contribution in [0.25, 0.3) is 0 Å². The van der Waals surface area contributed by atoms with Gasteiger partial charge in [-0.2, -0.15) is 0 Å². The van der Waals surface area contributed by atoms with Gasteiger partial charge in [0.2, 0.25) is 5.91 Å². The van der Waals surface area contributed by atoms with E-state index in [-0.39, 0.29) is 37.5 Å². The average Bonchev–Trinajstić information content (AvgIpc) is 3.50. The van der Waals surface area contributed by atoms with Crippen LogP contribution in [-0.4, -0.2) is 72.9 Å². The summed E-state index contributed by atoms with van der Waals surface area (Å²) in [5, 5.41) is 12.4. The number of para-hydroxylation sites is 1. The van der Waals surface area contributed by atoms with E-state index in [0.717, 1.165) is 31.4 Å². The zero-order chi connectivity index (χ0) is 23.9. The highest BCUT2D eigenvalue weighted by Crippen LogP contribution is 2.35. The minimum Gasteiger partial charge on any atom is -0.488 e. The van der Waals surface area contributed by atoms with E-state index in [9.17, 15) is 14.3 Å². The molecule has 2 unspecified atom stereocenters. The lowest BCUT2D eigenvalue weighted by Gasteiger charge is -2.37. The van der Waals surface area contributed by atoms with Crippen molar-refractivity contribution in [3.8, 4) is 5.75 Å². The molecule has 8 heteroatoms. The standard InChI is InChI=1S/C26H33FN2O4S/c1-2-12-32-17-20(30)15-28(14-19-7-8-19)16-26(31)29-11-9-25-21(10-13-34-25)23(29)18-33-24-6-4-3-5-22(24)27/h2-6,10,13,19-20,23,30H,1,7-9,11-12,14-18H2. The Labute approximate surface area is 204 Å². The summed E-state index contributed by atoms with van der Waals surface area (Å²) >= 11 is 1.68. The molecular weight excluding hydrogens is 455 g/mol. The van der Waals surface area contributed by atoms with Crippen LogP contribution >= 0.6 is 11.3 Å². The maximum atomic E-state index is 14.1. The summed E-state index contributed by atoms with van der Waals surface area (Å²) in [6.07, 6.45) is 4.10. The van der Waals surface area contributed by atoms with Crippen LogP contribution in [0.4, 0.5) is 4.39 Å². The minimum atomic E-state index is -0.670. The third kappa shape index (κ3) is 6.66. The number of hydrogen-bond donors (Lipinski definition) is 1. The van der Waals surface area contributed by atoms with E-state index in [4.69, 9.17) is 9.47 Å². The predicted molar refractivity (Wildman–Crippen MR) is 131 cm³/mol. The number of benzene rings is 1. The molecule has 0 saturated heterocycles. The Balaban J connectivity index is 1.43. The van der Waals surface area contributed by atoms with Crippen molar-refractivity contribution >= 4 is 17.2 Å². The molecule has 2 atom stereocenters. The molecule has 2 heterocycles. The molecule has 0 spiro atoms. The van der Waals surface area contributed by atoms with Gasteiger partial charge >= 0.3 is 0 Å². The molecule has 1 saturated carbocycles. The van der Waals surface area contributed by atoms with Crippen LogP contribution in [0.15, 0.2) is 48.4 Å². The summed E-state index contributed by atoms with van der Waals surface area (Å²) in [6.45, 7) is 6.40. The van der Waals surface area contributed by atoms with E-state index in [2.05, 4.69) is 6.58 Å². The molecule has 184 valence electrons. The van der Waals surface area contributed by atoms with Gasteiger partial charge in [-0.05, 0) is 54.3 Å². The Morgan fingerprint density at radius 1 is 1.35 bits per heavy atom. The Kier molecular flexibility index (Phi) is 8.72. The average molecular weight is 489 g/mol. The van der Waals surface area contributed by atoms with Crippen molar-refractivity contribution in [2.45, 2.75) is 31.4 Å². The molecule has 1 fully saturated rings. The van der Waals surface area contributed by atoms with Crippen molar-refractivity contribution in [3.05, 3.63) is 64.6 Å². The molecule has 1 N–H and O–H groups in total. The maximum Gasteiger partial charge on any atom is 0.237 e. The van der Waals surface area contributed by atoms with Crippen molar-refractivity contribution in [3.63, 3.8) is 0 Å². The van der Waals surface area contributed by atoms with Gasteiger partial charge in [0.05, 0.1) is 31.9 Å². The van der Waals surface area contributed by atoms with Gasteiger partial charge < -0.3 is 19.5 Å². The van der Waals surface area contributed by atoms with Gasteiger partial charge in [0.1, 0.15) is 6.61 Å². The number of amides is 1. The van der Waals surface area contributed by atoms with Crippen LogP contribution in [-0.2, 0) is 16.0 Å². The van der Waals surface area contributed by atoms with E-state index in [1.165, 1.54) is 10.9 Å². The molecule has 0 radical (unpaired) electrons. The third-order valence-corrected chi connectivity index (χ3v) is 7.23. The fourth-order valence-corrected chi connectivity index (χ4v) is 5.32. The van der Waals surface area contributed by atoms with Gasteiger partial charge in [-0.15, -0.1) is 17.9 Å². The molecule has 1 aromatic carbocycles. The summed E-state index contributed by atoms with van der Waals surface area (Å²) in [7, 11) is 0. The molecule has 6 nitrogen and oxygen atoms in total. The second-order valence-electron chi connectivity index (χ2n) is 9.01. The number of thiophene rings is 1. The number of aliphatic hydroxyl groups excluding tert-OH is 1. The molecule has 2 aromatic rings. The number of fused-ring (bicyclic) bond motifs is 1. The highest BCUT2D eigenvalue weighted by Gasteiger charge is 2.34. The molecule has 1 aliphatic carbocycles. The van der Waals surface area contributed by atoms with Crippen LogP contribution in [0, 0.1) is 11.7 Å². The number of rotatable bonds is 13. The van der Waals surface area contributed by atoms with Crippen LogP contribution in [0.2, 0.25) is 0 Å². The van der Waals surface area contributed by atoms with Gasteiger partial charge in [0.25, 0.3) is 0 Å². The molecule has 34 heavy (non-hydrogen) atoms. The Morgan fingerprint density at radius 2 is 2.18 bits per heavy atom. The van der Waals surface area contributed by atoms with Gasteiger partial charge in [-0.1, -0.05) is 18.2 Å². The number of carbonyl (C=O) groups is 1. The molecule has 0 bridgehead atoms. The van der Waals surface area contributed by atoms with Crippen molar-refractivity contribution < 1.29 is 23.8 Å². The van der Waals surface area contributed by atoms with Crippen molar-refractivity contribution in [1.29, 1.82) is 0 Å². The first-order valence-electron chi connectivity index (χ1n) is 11.9. The lowest BCUT2D eigenvalue weighted by molar-refractivity contribution is -0.136. The lowest BCUT2D eigenvalue weighted by Crippen LogP contribution is -2.48. The van der Waals surface area contributed by atoms with Crippen molar-refractivity contribution in [2.75, 3.05) is 46.0 Å². The smallest absolute Gasteiger partial charge is 0.237 e. The minimum absolute atomic E-state index is 0.00107. The number of aliphatic hydroxyl groups is 1. The summed E-state index contributed by atoms with van der Waals surface area (Å²) in [4.78, 5) is 18.6. The SMILES string of the molecule is C=CCOCC(O)CN(CC(=O)N1CCc2sccc2C1COc1ccccc1F)CC1CC1. The van der Waals surface area contributed by atoms with Gasteiger partial charge in [-0.3, -0.25) is 9.69 Å². The number of hydrogen-bond acceptors (Lipinski definition) is 6. The highest BCUT2D eigenvalue weighted by atomic mass is 32.1. The van der Waals surface area contributed by atoms with Gasteiger partial charge in [-0.25, -0.2) is 4.39 Å². The fourth-order valence-electron chi connectivity index (χ4n) is 4.39. The predicted octanol–water partition coefficient (Wildman–Crippen LogP) is 3.67. The summed E-state index contributed by atoms with van der Waals surface area (Å²) in [5.74, 6) is 0.359. The Bertz CT molecular complexity index is 964. The van der Waals surface area contributed by atoms with E-state index < -0.39 is 11.9 Å². The summed E-state index contributed by atoms with van der Waals surface area (Å²) in [6, 6.07) is 8.10. The topological polar surface area (TPSA) is 62.2 Å². The Hall–Kier alpha value is -2.26. The van der Waals surface area contributed by atoms with E-state index >= 15 is 0 Å². The van der Waals surface area contributed by atoms with Crippen LogP contribution < -0.4 is 4.74 Å². The van der Waals surface area contributed by atoms with Crippen LogP contribution in [0.5, 0.6) is 5.75 Å². The van der Waals surface area contributed by atoms with Crippen molar-refractivity contribution in [2.24, 2.45) is 5.92 Å². The van der Waals surface area contributed by atoms with Gasteiger partial charge in [0.15, 0.2) is 11.6 Å². The number of carbonyl (C=O) groups excluding carboxylic acids is 1. The first-order chi connectivity index (χ1) is 16.5. The molecule has 1 amide bonds.